The molecule has 23 heavy (non-hydrogen) atoms. The molecular formula is C16H17N3O3S. The molecule has 2 aromatic rings. The second-order valence-corrected chi connectivity index (χ2v) is 6.09. The Kier molecular flexibility index (Phi) is 4.89. The van der Waals surface area contributed by atoms with Gasteiger partial charge in [-0.25, -0.2) is 5.43 Å². The number of anilines is 1. The molecule has 0 aliphatic carbocycles. The lowest BCUT2D eigenvalue weighted by molar-refractivity contribution is 0.0952. The first-order valence-corrected chi connectivity index (χ1v) is 8.09. The predicted molar refractivity (Wildman–Crippen MR) is 90.5 cm³/mol. The number of phenolic OH excluding ortho intramolecular Hbond substituents is 1. The summed E-state index contributed by atoms with van der Waals surface area (Å²) in [7, 11) is 0. The predicted octanol–water partition coefficient (Wildman–Crippen LogP) is 2.05. The van der Waals surface area contributed by atoms with Crippen molar-refractivity contribution >= 4 is 28.5 Å². The van der Waals surface area contributed by atoms with Crippen molar-refractivity contribution in [2.24, 2.45) is 5.10 Å². The number of aromatic hydroxyl groups is 1. The van der Waals surface area contributed by atoms with Crippen LogP contribution in [0.5, 0.6) is 5.75 Å². The number of para-hydroxylation sites is 1. The van der Waals surface area contributed by atoms with Gasteiger partial charge in [-0.15, -0.1) is 11.3 Å². The second kappa shape index (κ2) is 7.26. The molecule has 1 aliphatic rings. The number of phenols is 1. The van der Waals surface area contributed by atoms with E-state index in [4.69, 9.17) is 4.74 Å². The highest BCUT2D eigenvalue weighted by Gasteiger charge is 2.13. The molecule has 0 spiro atoms. The first-order chi connectivity index (χ1) is 11.2. The zero-order valence-electron chi connectivity index (χ0n) is 12.4. The van der Waals surface area contributed by atoms with Crippen molar-refractivity contribution in [3.63, 3.8) is 0 Å². The highest BCUT2D eigenvalue weighted by atomic mass is 32.1. The topological polar surface area (TPSA) is 74.2 Å². The zero-order chi connectivity index (χ0) is 16.1. The summed E-state index contributed by atoms with van der Waals surface area (Å²) < 4.78 is 5.34. The van der Waals surface area contributed by atoms with Gasteiger partial charge in [0.05, 0.1) is 30.0 Å². The molecule has 0 bridgehead atoms. The standard InChI is InChI=1S/C16H17N3O3S/c20-14-4-2-1-3-13(14)16(21)18-17-11-12-5-6-15(23-12)19-7-9-22-10-8-19/h1-6,11,20H,7-10H2,(H,18,21)/b17-11-. The largest absolute Gasteiger partial charge is 0.507 e. The molecule has 0 radical (unpaired) electrons. The number of ether oxygens (including phenoxy) is 1. The van der Waals surface area contributed by atoms with Gasteiger partial charge in [0, 0.05) is 18.0 Å². The Balaban J connectivity index is 1.59. The number of hydrazone groups is 1. The van der Waals surface area contributed by atoms with Crippen LogP contribution in [0.2, 0.25) is 0 Å². The summed E-state index contributed by atoms with van der Waals surface area (Å²) in [6.07, 6.45) is 1.60. The summed E-state index contributed by atoms with van der Waals surface area (Å²) in [4.78, 5) is 15.1. The number of benzene rings is 1. The Morgan fingerprint density at radius 2 is 2.04 bits per heavy atom. The fourth-order valence-electron chi connectivity index (χ4n) is 2.25. The summed E-state index contributed by atoms with van der Waals surface area (Å²) in [6, 6.07) is 10.4. The minimum atomic E-state index is -0.440. The molecular weight excluding hydrogens is 314 g/mol. The van der Waals surface area contributed by atoms with Crippen molar-refractivity contribution in [3.05, 3.63) is 46.8 Å². The Hall–Kier alpha value is -2.38. The summed E-state index contributed by atoms with van der Waals surface area (Å²) >= 11 is 1.61. The van der Waals surface area contributed by atoms with Gasteiger partial charge in [0.15, 0.2) is 0 Å². The van der Waals surface area contributed by atoms with Crippen LogP contribution in [0.4, 0.5) is 5.00 Å². The van der Waals surface area contributed by atoms with Crippen molar-refractivity contribution in [1.82, 2.24) is 5.43 Å². The number of amides is 1. The van der Waals surface area contributed by atoms with Crippen LogP contribution >= 0.6 is 11.3 Å². The van der Waals surface area contributed by atoms with E-state index >= 15 is 0 Å². The molecule has 2 heterocycles. The monoisotopic (exact) mass is 331 g/mol. The Labute approximate surface area is 138 Å². The maximum absolute atomic E-state index is 11.9. The number of thiophene rings is 1. The molecule has 7 heteroatoms. The molecule has 1 saturated heterocycles. The molecule has 0 saturated carbocycles. The van der Waals surface area contributed by atoms with Crippen molar-refractivity contribution < 1.29 is 14.6 Å². The van der Waals surface area contributed by atoms with Crippen LogP contribution in [0, 0.1) is 0 Å². The van der Waals surface area contributed by atoms with Gasteiger partial charge in [0.2, 0.25) is 0 Å². The summed E-state index contributed by atoms with van der Waals surface area (Å²) in [5.41, 5.74) is 2.62. The Morgan fingerprint density at radius 1 is 1.26 bits per heavy atom. The van der Waals surface area contributed by atoms with Gasteiger partial charge >= 0.3 is 0 Å². The lowest BCUT2D eigenvalue weighted by Crippen LogP contribution is -2.35. The van der Waals surface area contributed by atoms with Crippen molar-refractivity contribution in [2.75, 3.05) is 31.2 Å². The van der Waals surface area contributed by atoms with Crippen molar-refractivity contribution in [1.29, 1.82) is 0 Å². The van der Waals surface area contributed by atoms with Gasteiger partial charge in [-0.1, -0.05) is 12.1 Å². The third kappa shape index (κ3) is 3.88. The van der Waals surface area contributed by atoms with E-state index in [-0.39, 0.29) is 11.3 Å². The molecule has 1 aromatic carbocycles. The molecule has 0 unspecified atom stereocenters. The van der Waals surface area contributed by atoms with Crippen LogP contribution in [0.25, 0.3) is 0 Å². The minimum absolute atomic E-state index is 0.0640. The number of rotatable bonds is 4. The van der Waals surface area contributed by atoms with E-state index in [1.807, 2.05) is 12.1 Å². The average Bonchev–Trinajstić information content (AvgIpc) is 3.05. The fraction of sp³-hybridized carbons (Fsp3) is 0.250. The highest BCUT2D eigenvalue weighted by Crippen LogP contribution is 2.25. The lowest BCUT2D eigenvalue weighted by Gasteiger charge is -2.27. The van der Waals surface area contributed by atoms with E-state index in [0.29, 0.717) is 0 Å². The van der Waals surface area contributed by atoms with Crippen LogP contribution in [0.1, 0.15) is 15.2 Å². The smallest absolute Gasteiger partial charge is 0.275 e. The second-order valence-electron chi connectivity index (χ2n) is 4.99. The number of carbonyl (C=O) groups is 1. The number of nitrogens with one attached hydrogen (secondary N) is 1. The highest BCUT2D eigenvalue weighted by molar-refractivity contribution is 7.17. The normalized spacial score (nSPS) is 15.0. The maximum Gasteiger partial charge on any atom is 0.275 e. The van der Waals surface area contributed by atoms with E-state index in [2.05, 4.69) is 15.4 Å². The van der Waals surface area contributed by atoms with E-state index < -0.39 is 5.91 Å². The van der Waals surface area contributed by atoms with E-state index in [1.54, 1.807) is 35.8 Å². The van der Waals surface area contributed by atoms with Crippen molar-refractivity contribution in [3.8, 4) is 5.75 Å². The molecule has 1 amide bonds. The summed E-state index contributed by atoms with van der Waals surface area (Å²) in [5.74, 6) is -0.504. The molecule has 1 fully saturated rings. The quantitative estimate of drug-likeness (QED) is 0.664. The van der Waals surface area contributed by atoms with Crippen LogP contribution in [-0.2, 0) is 4.74 Å². The van der Waals surface area contributed by atoms with Gasteiger partial charge in [-0.05, 0) is 24.3 Å². The van der Waals surface area contributed by atoms with Crippen LogP contribution in [0.15, 0.2) is 41.5 Å². The first kappa shape index (κ1) is 15.5. The molecule has 1 aromatic heterocycles. The molecule has 0 atom stereocenters. The molecule has 3 rings (SSSR count). The molecule has 6 nitrogen and oxygen atoms in total. The average molecular weight is 331 g/mol. The van der Waals surface area contributed by atoms with Gasteiger partial charge in [-0.2, -0.15) is 5.10 Å². The van der Waals surface area contributed by atoms with E-state index in [1.165, 1.54) is 11.1 Å². The third-order valence-electron chi connectivity index (χ3n) is 3.44. The fourth-order valence-corrected chi connectivity index (χ4v) is 3.18. The van der Waals surface area contributed by atoms with Crippen molar-refractivity contribution in [2.45, 2.75) is 0 Å². The SMILES string of the molecule is O=C(N/N=C\c1ccc(N2CCOCC2)s1)c1ccccc1O. The van der Waals surface area contributed by atoms with Crippen LogP contribution in [0.3, 0.4) is 0 Å². The number of carbonyl (C=O) groups excluding carboxylic acids is 1. The lowest BCUT2D eigenvalue weighted by atomic mass is 10.2. The Morgan fingerprint density at radius 3 is 2.83 bits per heavy atom. The van der Waals surface area contributed by atoms with Gasteiger partial charge in [0.25, 0.3) is 5.91 Å². The van der Waals surface area contributed by atoms with Crippen LogP contribution < -0.4 is 10.3 Å². The number of hydrogen-bond acceptors (Lipinski definition) is 6. The number of nitrogens with zero attached hydrogens (tertiary/aromatic N) is 2. The molecule has 1 aliphatic heterocycles. The molecule has 120 valence electrons. The summed E-state index contributed by atoms with van der Waals surface area (Å²) in [5, 5.41) is 14.7. The zero-order valence-corrected chi connectivity index (χ0v) is 13.3. The van der Waals surface area contributed by atoms with Gasteiger partial charge in [-0.3, -0.25) is 4.79 Å². The Bertz CT molecular complexity index is 708. The maximum atomic E-state index is 11.9. The van der Waals surface area contributed by atoms with Crippen LogP contribution in [-0.4, -0.2) is 43.5 Å². The molecule has 2 N–H and O–H groups in total. The minimum Gasteiger partial charge on any atom is -0.507 e. The van der Waals surface area contributed by atoms with E-state index in [9.17, 15) is 9.90 Å². The third-order valence-corrected chi connectivity index (χ3v) is 4.52. The number of morpholine rings is 1. The first-order valence-electron chi connectivity index (χ1n) is 7.28. The van der Waals surface area contributed by atoms with Gasteiger partial charge in [0.1, 0.15) is 5.75 Å². The van der Waals surface area contributed by atoms with E-state index in [0.717, 1.165) is 31.2 Å². The summed E-state index contributed by atoms with van der Waals surface area (Å²) in [6.45, 7) is 3.28. The van der Waals surface area contributed by atoms with Gasteiger partial charge < -0.3 is 14.7 Å². The number of hydrogen-bond donors (Lipinski definition) is 2.